The molecule has 1 aliphatic heterocycles. The number of methoxy groups -OCH3 is 1. The third-order valence-electron chi connectivity index (χ3n) is 5.37. The molecular formula is C23H16N4O4. The average Bonchev–Trinajstić information content (AvgIpc) is 3.47. The molecule has 8 nitrogen and oxygen atoms in total. The Kier molecular flexibility index (Phi) is 3.73. The van der Waals surface area contributed by atoms with E-state index in [0.29, 0.717) is 34.6 Å². The highest BCUT2D eigenvalue weighted by Crippen LogP contribution is 2.48. The molecule has 0 unspecified atom stereocenters. The van der Waals surface area contributed by atoms with E-state index in [1.165, 1.54) is 0 Å². The number of rotatable bonds is 3. The zero-order valence-electron chi connectivity index (χ0n) is 16.4. The maximum absolute atomic E-state index is 9.94. The zero-order chi connectivity index (χ0) is 20.9. The minimum atomic E-state index is -0.319. The van der Waals surface area contributed by atoms with Crippen molar-refractivity contribution in [2.45, 2.75) is 5.92 Å². The van der Waals surface area contributed by atoms with E-state index in [4.69, 9.17) is 18.9 Å². The number of hydrogen-bond acceptors (Lipinski definition) is 7. The molecule has 0 fully saturated rings. The summed E-state index contributed by atoms with van der Waals surface area (Å²) >= 11 is 0. The molecule has 6 rings (SSSR count). The van der Waals surface area contributed by atoms with Crippen molar-refractivity contribution in [1.29, 1.82) is 0 Å². The van der Waals surface area contributed by atoms with E-state index >= 15 is 0 Å². The van der Waals surface area contributed by atoms with Crippen molar-refractivity contribution < 1.29 is 19.0 Å². The molecular weight excluding hydrogens is 396 g/mol. The van der Waals surface area contributed by atoms with Crippen LogP contribution in [0.3, 0.4) is 0 Å². The van der Waals surface area contributed by atoms with Gasteiger partial charge in [-0.05, 0) is 30.3 Å². The van der Waals surface area contributed by atoms with Crippen LogP contribution in [-0.2, 0) is 0 Å². The predicted octanol–water partition coefficient (Wildman–Crippen LogP) is 4.38. The van der Waals surface area contributed by atoms with Crippen molar-refractivity contribution in [2.75, 3.05) is 7.11 Å². The molecule has 0 saturated heterocycles. The van der Waals surface area contributed by atoms with Crippen molar-refractivity contribution in [3.05, 3.63) is 84.1 Å². The van der Waals surface area contributed by atoms with Crippen LogP contribution in [0.25, 0.3) is 17.0 Å². The molecule has 31 heavy (non-hydrogen) atoms. The van der Waals surface area contributed by atoms with Gasteiger partial charge in [0.1, 0.15) is 29.3 Å². The Labute approximate surface area is 176 Å². The van der Waals surface area contributed by atoms with Crippen molar-refractivity contribution in [2.24, 2.45) is 0 Å². The van der Waals surface area contributed by atoms with Crippen LogP contribution in [0, 0.1) is 0 Å². The van der Waals surface area contributed by atoms with Crippen LogP contribution < -0.4 is 9.47 Å². The highest BCUT2D eigenvalue weighted by Gasteiger charge is 2.35. The lowest BCUT2D eigenvalue weighted by atomic mass is 9.87. The Morgan fingerprint density at radius 3 is 2.84 bits per heavy atom. The van der Waals surface area contributed by atoms with Crippen LogP contribution in [0.1, 0.15) is 22.8 Å². The fraction of sp³-hybridized carbons (Fsp3) is 0.0870. The molecule has 1 aliphatic rings. The van der Waals surface area contributed by atoms with E-state index in [1.807, 2.05) is 42.5 Å². The zero-order valence-corrected chi connectivity index (χ0v) is 16.4. The number of fused-ring (bicyclic) bond motifs is 4. The van der Waals surface area contributed by atoms with Crippen LogP contribution >= 0.6 is 0 Å². The fourth-order valence-electron chi connectivity index (χ4n) is 4.00. The number of ether oxygens (including phenoxy) is 2. The van der Waals surface area contributed by atoms with Gasteiger partial charge in [0.25, 0.3) is 0 Å². The van der Waals surface area contributed by atoms with E-state index in [1.54, 1.807) is 36.3 Å². The number of phenolic OH excluding ortho intramolecular Hbond substituents is 1. The molecule has 1 atom stereocenters. The largest absolute Gasteiger partial charge is 0.508 e. The number of benzene rings is 2. The van der Waals surface area contributed by atoms with Gasteiger partial charge in [0.15, 0.2) is 11.5 Å². The van der Waals surface area contributed by atoms with Gasteiger partial charge in [-0.3, -0.25) is 0 Å². The third-order valence-corrected chi connectivity index (χ3v) is 5.37. The Morgan fingerprint density at radius 2 is 2.00 bits per heavy atom. The first-order valence-corrected chi connectivity index (χ1v) is 9.66. The molecule has 2 aromatic carbocycles. The van der Waals surface area contributed by atoms with E-state index in [2.05, 4.69) is 10.1 Å². The van der Waals surface area contributed by atoms with E-state index in [9.17, 15) is 5.11 Å². The molecule has 0 bridgehead atoms. The number of hydrogen-bond donors (Lipinski definition) is 1. The Morgan fingerprint density at radius 1 is 1.10 bits per heavy atom. The first-order chi connectivity index (χ1) is 15.2. The summed E-state index contributed by atoms with van der Waals surface area (Å²) in [4.78, 5) is 9.29. The van der Waals surface area contributed by atoms with Crippen LogP contribution in [0.2, 0.25) is 0 Å². The predicted molar refractivity (Wildman–Crippen MR) is 111 cm³/mol. The van der Waals surface area contributed by atoms with Crippen molar-refractivity contribution in [3.63, 3.8) is 0 Å². The number of aromatic nitrogens is 4. The standard InChI is InChI=1S/C23H16N4O4/c1-29-16-6-3-2-5-15(16)21-25-22-20-19(17-7-4-10-30-17)14-9-8-13(28)11-18(14)31-23(20)24-12-27(22)26-21/h2-12,19,28H,1H3/t19-/m0/s1. The molecule has 0 spiro atoms. The molecule has 152 valence electrons. The lowest BCUT2D eigenvalue weighted by Gasteiger charge is -2.26. The summed E-state index contributed by atoms with van der Waals surface area (Å²) in [6.07, 6.45) is 3.19. The topological polar surface area (TPSA) is 94.9 Å². The summed E-state index contributed by atoms with van der Waals surface area (Å²) in [5.41, 5.74) is 2.96. The summed E-state index contributed by atoms with van der Waals surface area (Å²) < 4.78 is 18.9. The van der Waals surface area contributed by atoms with Crippen molar-refractivity contribution in [1.82, 2.24) is 19.6 Å². The van der Waals surface area contributed by atoms with Gasteiger partial charge in [-0.15, -0.1) is 5.10 Å². The lowest BCUT2D eigenvalue weighted by Crippen LogP contribution is -2.14. The van der Waals surface area contributed by atoms with Crippen molar-refractivity contribution >= 4 is 5.65 Å². The second kappa shape index (κ2) is 6.60. The van der Waals surface area contributed by atoms with Gasteiger partial charge < -0.3 is 19.0 Å². The fourth-order valence-corrected chi connectivity index (χ4v) is 4.00. The minimum absolute atomic E-state index is 0.113. The van der Waals surface area contributed by atoms with Crippen LogP contribution in [0.4, 0.5) is 0 Å². The summed E-state index contributed by atoms with van der Waals surface area (Å²) in [7, 11) is 1.62. The summed E-state index contributed by atoms with van der Waals surface area (Å²) in [5.74, 6) is 2.62. The maximum atomic E-state index is 9.94. The third kappa shape index (κ3) is 2.65. The highest BCUT2D eigenvalue weighted by atomic mass is 16.5. The molecule has 0 amide bonds. The summed E-state index contributed by atoms with van der Waals surface area (Å²) in [6, 6.07) is 16.3. The van der Waals surface area contributed by atoms with Gasteiger partial charge in [-0.25, -0.2) is 14.5 Å². The molecule has 0 saturated carbocycles. The Balaban J connectivity index is 1.61. The lowest BCUT2D eigenvalue weighted by molar-refractivity contribution is 0.409. The van der Waals surface area contributed by atoms with Gasteiger partial charge in [0.2, 0.25) is 5.88 Å². The van der Waals surface area contributed by atoms with Crippen molar-refractivity contribution in [3.8, 4) is 34.5 Å². The summed E-state index contributed by atoms with van der Waals surface area (Å²) in [6.45, 7) is 0. The molecule has 0 aliphatic carbocycles. The van der Waals surface area contributed by atoms with Gasteiger partial charge >= 0.3 is 0 Å². The molecule has 3 aromatic heterocycles. The van der Waals surface area contributed by atoms with Crippen LogP contribution in [0.5, 0.6) is 23.1 Å². The second-order valence-electron chi connectivity index (χ2n) is 7.14. The Bertz CT molecular complexity index is 1430. The minimum Gasteiger partial charge on any atom is -0.508 e. The second-order valence-corrected chi connectivity index (χ2v) is 7.14. The van der Waals surface area contributed by atoms with E-state index in [0.717, 1.165) is 16.7 Å². The normalized spacial score (nSPS) is 14.7. The first-order valence-electron chi connectivity index (χ1n) is 9.66. The van der Waals surface area contributed by atoms with Gasteiger partial charge in [0, 0.05) is 11.6 Å². The molecule has 8 heteroatoms. The number of para-hydroxylation sites is 1. The van der Waals surface area contributed by atoms with Gasteiger partial charge in [-0.1, -0.05) is 18.2 Å². The average molecular weight is 412 g/mol. The monoisotopic (exact) mass is 412 g/mol. The first kappa shape index (κ1) is 17.5. The maximum Gasteiger partial charge on any atom is 0.228 e. The van der Waals surface area contributed by atoms with E-state index < -0.39 is 0 Å². The highest BCUT2D eigenvalue weighted by molar-refractivity contribution is 5.70. The number of nitrogens with zero attached hydrogens (tertiary/aromatic N) is 4. The van der Waals surface area contributed by atoms with Gasteiger partial charge in [0.05, 0.1) is 30.4 Å². The Hall–Kier alpha value is -4.33. The number of phenols is 1. The molecule has 1 N–H and O–H groups in total. The number of furan rings is 1. The smallest absolute Gasteiger partial charge is 0.228 e. The molecule has 4 heterocycles. The van der Waals surface area contributed by atoms with E-state index in [-0.39, 0.29) is 11.7 Å². The van der Waals surface area contributed by atoms with Gasteiger partial charge in [-0.2, -0.15) is 0 Å². The number of aromatic hydroxyl groups is 1. The molecule has 0 radical (unpaired) electrons. The van der Waals surface area contributed by atoms with Crippen LogP contribution in [0.15, 0.2) is 71.6 Å². The quantitative estimate of drug-likeness (QED) is 0.461. The molecule has 5 aromatic rings. The SMILES string of the molecule is COc1ccccc1-c1nc2c3c(ncn2n1)Oc1cc(O)ccc1[C@H]3c1ccco1. The summed E-state index contributed by atoms with van der Waals surface area (Å²) in [5, 5.41) is 14.6. The van der Waals surface area contributed by atoms with Crippen LogP contribution in [-0.4, -0.2) is 31.8 Å².